The summed E-state index contributed by atoms with van der Waals surface area (Å²) in [7, 11) is -3.28. The lowest BCUT2D eigenvalue weighted by molar-refractivity contribution is 0.0500. The molecule has 0 atom stereocenters. The number of hydrogen-bond donors (Lipinski definition) is 1. The molecular formula is C26H38N4O6S2. The lowest BCUT2D eigenvalue weighted by Crippen LogP contribution is -2.49. The number of amides is 1. The highest BCUT2D eigenvalue weighted by Crippen LogP contribution is 2.33. The Kier molecular flexibility index (Phi) is 8.91. The first-order valence-corrected chi connectivity index (χ1v) is 16.2. The van der Waals surface area contributed by atoms with Crippen LogP contribution in [0.25, 0.3) is 10.2 Å². The van der Waals surface area contributed by atoms with E-state index in [4.69, 9.17) is 14.6 Å². The Morgan fingerprint density at radius 1 is 1.05 bits per heavy atom. The molecule has 5 rings (SSSR count). The minimum atomic E-state index is -3.28. The molecular weight excluding hydrogens is 528 g/mol. The highest BCUT2D eigenvalue weighted by molar-refractivity contribution is 7.89. The maximum atomic E-state index is 12.5. The van der Waals surface area contributed by atoms with Crippen LogP contribution in [-0.4, -0.2) is 98.1 Å². The number of sulfonamides is 1. The summed E-state index contributed by atoms with van der Waals surface area (Å²) in [6.07, 6.45) is 5.90. The number of unbranched alkanes of at least 4 members (excludes halogenated alkanes) is 1. The number of rotatable bonds is 10. The molecule has 12 heteroatoms. The number of fused-ring (bicyclic) bond motifs is 1. The Balaban J connectivity index is 1.10. The molecule has 1 N–H and O–H groups in total. The van der Waals surface area contributed by atoms with Crippen molar-refractivity contribution in [2.45, 2.75) is 51.0 Å². The van der Waals surface area contributed by atoms with Gasteiger partial charge < -0.3 is 24.4 Å². The summed E-state index contributed by atoms with van der Waals surface area (Å²) in [5.74, 6) is 0.639. The number of nitrogens with zero attached hydrogens (tertiary/aromatic N) is 4. The lowest BCUT2D eigenvalue weighted by Gasteiger charge is -2.35. The predicted octanol–water partition coefficient (Wildman–Crippen LogP) is 3.30. The van der Waals surface area contributed by atoms with Crippen LogP contribution < -0.4 is 9.64 Å². The van der Waals surface area contributed by atoms with Gasteiger partial charge in [-0.1, -0.05) is 17.8 Å². The lowest BCUT2D eigenvalue weighted by atomic mass is 9.86. The highest BCUT2D eigenvalue weighted by Gasteiger charge is 2.28. The van der Waals surface area contributed by atoms with Gasteiger partial charge in [-0.3, -0.25) is 0 Å². The first kappa shape index (κ1) is 27.4. The van der Waals surface area contributed by atoms with E-state index < -0.39 is 10.0 Å². The van der Waals surface area contributed by atoms with Crippen molar-refractivity contribution in [3.63, 3.8) is 0 Å². The quantitative estimate of drug-likeness (QED) is 0.436. The smallest absolute Gasteiger partial charge is 0.409 e. The molecule has 2 saturated heterocycles. The molecule has 2 aromatic rings. The van der Waals surface area contributed by atoms with Gasteiger partial charge in [-0.05, 0) is 49.8 Å². The van der Waals surface area contributed by atoms with E-state index in [0.29, 0.717) is 69.8 Å². The van der Waals surface area contributed by atoms with Crippen LogP contribution >= 0.6 is 11.3 Å². The molecule has 1 saturated carbocycles. The summed E-state index contributed by atoms with van der Waals surface area (Å²) in [5.41, 5.74) is 1.94. The van der Waals surface area contributed by atoms with Crippen molar-refractivity contribution < 1.29 is 27.8 Å². The largest absolute Gasteiger partial charge is 0.467 e. The van der Waals surface area contributed by atoms with E-state index in [1.54, 1.807) is 9.21 Å². The van der Waals surface area contributed by atoms with Gasteiger partial charge >= 0.3 is 6.09 Å². The van der Waals surface area contributed by atoms with Gasteiger partial charge in [0.1, 0.15) is 6.10 Å². The molecule has 1 aliphatic carbocycles. The number of piperazine rings is 1. The standard InChI is InChI=1S/C26H38N4O6S2/c31-16-1-2-17-38(33,34)30-14-12-28(13-15-30)21-6-7-23-24(18-21)37-25(27-23)36-22-8-10-29(11-9-22)26(32)35-19-20-4-3-5-20/h6-7,18,20,22,31H,1-5,8-17,19H2. The van der Waals surface area contributed by atoms with E-state index in [1.165, 1.54) is 30.6 Å². The number of hydrogen-bond acceptors (Lipinski definition) is 9. The first-order chi connectivity index (χ1) is 18.4. The van der Waals surface area contributed by atoms with Gasteiger partial charge in [-0.25, -0.2) is 18.2 Å². The Morgan fingerprint density at radius 2 is 1.82 bits per heavy atom. The van der Waals surface area contributed by atoms with Crippen LogP contribution in [0.2, 0.25) is 0 Å². The molecule has 2 aliphatic heterocycles. The van der Waals surface area contributed by atoms with Gasteiger partial charge in [0.05, 0.1) is 22.6 Å². The minimum absolute atomic E-state index is 0.0200. The second kappa shape index (κ2) is 12.4. The van der Waals surface area contributed by atoms with Gasteiger partial charge in [0.25, 0.3) is 5.19 Å². The fourth-order valence-electron chi connectivity index (χ4n) is 5.13. The number of carbonyl (C=O) groups is 1. The number of thiazole rings is 1. The van der Waals surface area contributed by atoms with Crippen LogP contribution in [0.5, 0.6) is 5.19 Å². The average Bonchev–Trinajstić information content (AvgIpc) is 3.30. The SMILES string of the molecule is O=C(OCC1CCC1)N1CCC(Oc2nc3ccc(N4CCN(S(=O)(=O)CCCCO)CC4)cc3s2)CC1. The molecule has 0 spiro atoms. The molecule has 3 aliphatic rings. The molecule has 38 heavy (non-hydrogen) atoms. The van der Waals surface area contributed by atoms with Crippen LogP contribution in [0.3, 0.4) is 0 Å². The van der Waals surface area contributed by atoms with E-state index in [1.807, 2.05) is 12.1 Å². The van der Waals surface area contributed by atoms with Crippen molar-refractivity contribution in [1.29, 1.82) is 0 Å². The second-order valence-corrected chi connectivity index (χ2v) is 13.5. The van der Waals surface area contributed by atoms with E-state index in [2.05, 4.69) is 16.0 Å². The van der Waals surface area contributed by atoms with E-state index in [-0.39, 0.29) is 24.6 Å². The van der Waals surface area contributed by atoms with Crippen LogP contribution in [0.15, 0.2) is 18.2 Å². The summed E-state index contributed by atoms with van der Waals surface area (Å²) in [5, 5.41) is 9.56. The third kappa shape index (κ3) is 6.70. The van der Waals surface area contributed by atoms with Crippen LogP contribution in [0, 0.1) is 5.92 Å². The van der Waals surface area contributed by atoms with Gasteiger partial charge in [-0.15, -0.1) is 0 Å². The fourth-order valence-corrected chi connectivity index (χ4v) is 7.59. The molecule has 0 radical (unpaired) electrons. The highest BCUT2D eigenvalue weighted by atomic mass is 32.2. The third-order valence-electron chi connectivity index (χ3n) is 7.79. The van der Waals surface area contributed by atoms with E-state index in [0.717, 1.165) is 28.7 Å². The number of carbonyl (C=O) groups excluding carboxylic acids is 1. The Morgan fingerprint density at radius 3 is 2.50 bits per heavy atom. The molecule has 0 unspecified atom stereocenters. The average molecular weight is 567 g/mol. The topological polar surface area (TPSA) is 113 Å². The summed E-state index contributed by atoms with van der Waals surface area (Å²) < 4.78 is 39.4. The van der Waals surface area contributed by atoms with Gasteiger partial charge in [0, 0.05) is 64.4 Å². The molecule has 0 bridgehead atoms. The number of ether oxygens (including phenoxy) is 2. The zero-order chi connectivity index (χ0) is 26.5. The number of aliphatic hydroxyl groups excluding tert-OH is 1. The number of benzene rings is 1. The zero-order valence-electron chi connectivity index (χ0n) is 21.8. The minimum Gasteiger partial charge on any atom is -0.467 e. The van der Waals surface area contributed by atoms with Crippen LogP contribution in [-0.2, 0) is 14.8 Å². The number of aliphatic hydroxyl groups is 1. The third-order valence-corrected chi connectivity index (χ3v) is 10.7. The molecule has 1 aromatic carbocycles. The molecule has 210 valence electrons. The van der Waals surface area contributed by atoms with Crippen molar-refractivity contribution in [1.82, 2.24) is 14.2 Å². The van der Waals surface area contributed by atoms with Gasteiger partial charge in [0.15, 0.2) is 0 Å². The maximum Gasteiger partial charge on any atom is 0.409 e. The summed E-state index contributed by atoms with van der Waals surface area (Å²) in [4.78, 5) is 21.0. The molecule has 1 aromatic heterocycles. The van der Waals surface area contributed by atoms with Crippen molar-refractivity contribution in [3.05, 3.63) is 18.2 Å². The van der Waals surface area contributed by atoms with Crippen LogP contribution in [0.1, 0.15) is 44.9 Å². The summed E-state index contributed by atoms with van der Waals surface area (Å²) in [6.45, 7) is 4.02. The summed E-state index contributed by atoms with van der Waals surface area (Å²) in [6, 6.07) is 6.13. The van der Waals surface area contributed by atoms with Crippen molar-refractivity contribution in [3.8, 4) is 5.19 Å². The Labute approximate surface area is 228 Å². The fraction of sp³-hybridized carbons (Fsp3) is 0.692. The number of piperidine rings is 1. The molecule has 10 nitrogen and oxygen atoms in total. The second-order valence-electron chi connectivity index (χ2n) is 10.4. The predicted molar refractivity (Wildman–Crippen MR) is 147 cm³/mol. The van der Waals surface area contributed by atoms with Gasteiger partial charge in [-0.2, -0.15) is 4.31 Å². The first-order valence-electron chi connectivity index (χ1n) is 13.7. The normalized spacial score (nSPS) is 20.0. The van der Waals surface area contributed by atoms with E-state index in [9.17, 15) is 13.2 Å². The Bertz CT molecular complexity index is 1190. The number of anilines is 1. The Hall–Kier alpha value is -2.15. The molecule has 1 amide bonds. The number of likely N-dealkylation sites (tertiary alicyclic amines) is 1. The molecule has 3 fully saturated rings. The summed E-state index contributed by atoms with van der Waals surface area (Å²) >= 11 is 1.52. The van der Waals surface area contributed by atoms with Crippen LogP contribution in [0.4, 0.5) is 10.5 Å². The van der Waals surface area contributed by atoms with Crippen molar-refractivity contribution >= 4 is 43.4 Å². The zero-order valence-corrected chi connectivity index (χ0v) is 23.4. The monoisotopic (exact) mass is 566 g/mol. The van der Waals surface area contributed by atoms with E-state index >= 15 is 0 Å². The maximum absolute atomic E-state index is 12.5. The number of aromatic nitrogens is 1. The molecule has 3 heterocycles. The van der Waals surface area contributed by atoms with Crippen molar-refractivity contribution in [2.75, 3.05) is 63.1 Å². The van der Waals surface area contributed by atoms with Gasteiger partial charge in [0.2, 0.25) is 10.0 Å². The van der Waals surface area contributed by atoms with Crippen molar-refractivity contribution in [2.24, 2.45) is 5.92 Å².